The van der Waals surface area contributed by atoms with Crippen molar-refractivity contribution in [1.82, 2.24) is 9.97 Å². The second kappa shape index (κ2) is 9.05. The number of rotatable bonds is 8. The fourth-order valence-corrected chi connectivity index (χ4v) is 3.72. The molecule has 0 saturated carbocycles. The summed E-state index contributed by atoms with van der Waals surface area (Å²) in [5.74, 6) is -0.0752. The Hall–Kier alpha value is -3.68. The number of benzene rings is 2. The summed E-state index contributed by atoms with van der Waals surface area (Å²) < 4.78 is 21.3. The molecule has 0 N–H and O–H groups in total. The van der Waals surface area contributed by atoms with Gasteiger partial charge < -0.3 is 18.3 Å². The van der Waals surface area contributed by atoms with E-state index in [9.17, 15) is 9.59 Å². The normalized spacial score (nSPS) is 11.8. The number of hydrogen-bond acceptors (Lipinski definition) is 8. The second-order valence-electron chi connectivity index (χ2n) is 8.17. The molecule has 0 fully saturated rings. The Labute approximate surface area is 190 Å². The van der Waals surface area contributed by atoms with Crippen LogP contribution in [0.15, 0.2) is 45.2 Å². The molecule has 0 saturated heterocycles. The number of hydrogen-bond donors (Lipinski definition) is 0. The second-order valence-corrected chi connectivity index (χ2v) is 8.17. The van der Waals surface area contributed by atoms with Crippen LogP contribution in [0.4, 0.5) is 0 Å². The molecule has 8 nitrogen and oxygen atoms in total. The van der Waals surface area contributed by atoms with Crippen LogP contribution in [0.25, 0.3) is 22.2 Å². The van der Waals surface area contributed by atoms with Gasteiger partial charge in [-0.3, -0.25) is 9.59 Å². The van der Waals surface area contributed by atoms with Crippen molar-refractivity contribution in [2.75, 3.05) is 13.2 Å². The first-order chi connectivity index (χ1) is 15.8. The smallest absolute Gasteiger partial charge is 0.315 e. The molecular formula is C25H26N2O6. The summed E-state index contributed by atoms with van der Waals surface area (Å²) in [6, 6.07) is 11.6. The summed E-state index contributed by atoms with van der Waals surface area (Å²) in [4.78, 5) is 32.4. The van der Waals surface area contributed by atoms with Gasteiger partial charge in [0.05, 0.1) is 13.2 Å². The van der Waals surface area contributed by atoms with E-state index in [1.165, 1.54) is 0 Å². The van der Waals surface area contributed by atoms with Gasteiger partial charge in [0.15, 0.2) is 11.2 Å². The maximum Gasteiger partial charge on any atom is 0.315 e. The molecule has 0 spiro atoms. The highest BCUT2D eigenvalue weighted by molar-refractivity contribution is 5.78. The minimum atomic E-state index is -0.372. The molecule has 2 aromatic carbocycles. The fourth-order valence-electron chi connectivity index (χ4n) is 3.72. The Bertz CT molecular complexity index is 1220. The van der Waals surface area contributed by atoms with Crippen molar-refractivity contribution in [2.45, 2.75) is 46.0 Å². The van der Waals surface area contributed by atoms with Gasteiger partial charge >= 0.3 is 11.9 Å². The number of nitrogens with zero attached hydrogens (tertiary/aromatic N) is 2. The predicted octanol–water partition coefficient (Wildman–Crippen LogP) is 4.51. The van der Waals surface area contributed by atoms with Crippen LogP contribution in [0.5, 0.6) is 0 Å². The average Bonchev–Trinajstić information content (AvgIpc) is 3.35. The van der Waals surface area contributed by atoms with Gasteiger partial charge in [0.25, 0.3) is 0 Å². The number of carbonyl (C=O) groups excluding carboxylic acids is 2. The van der Waals surface area contributed by atoms with Gasteiger partial charge in [0.2, 0.25) is 11.8 Å². The van der Waals surface area contributed by atoms with Crippen LogP contribution >= 0.6 is 0 Å². The van der Waals surface area contributed by atoms with Crippen LogP contribution in [0.2, 0.25) is 0 Å². The van der Waals surface area contributed by atoms with Gasteiger partial charge in [0.1, 0.15) is 23.9 Å². The molecule has 4 aromatic rings. The number of fused-ring (bicyclic) bond motifs is 2. The highest BCUT2D eigenvalue weighted by Gasteiger charge is 2.25. The Balaban J connectivity index is 1.61. The summed E-state index contributed by atoms with van der Waals surface area (Å²) in [6.07, 6.45) is -0.00356. The summed E-state index contributed by atoms with van der Waals surface area (Å²) in [6.45, 7) is 8.37. The van der Waals surface area contributed by atoms with E-state index < -0.39 is 0 Å². The van der Waals surface area contributed by atoms with E-state index in [0.29, 0.717) is 47.2 Å². The van der Waals surface area contributed by atoms with Crippen molar-refractivity contribution >= 4 is 34.1 Å². The molecule has 0 aliphatic heterocycles. The first kappa shape index (κ1) is 22.5. The van der Waals surface area contributed by atoms with Crippen LogP contribution in [0.1, 0.15) is 50.6 Å². The van der Waals surface area contributed by atoms with E-state index in [0.717, 1.165) is 11.1 Å². The summed E-state index contributed by atoms with van der Waals surface area (Å²) in [7, 11) is 0. The third kappa shape index (κ3) is 4.74. The van der Waals surface area contributed by atoms with Gasteiger partial charge in [-0.1, -0.05) is 26.0 Å². The summed E-state index contributed by atoms with van der Waals surface area (Å²) >= 11 is 0. The Morgan fingerprint density at radius 2 is 1.21 bits per heavy atom. The lowest BCUT2D eigenvalue weighted by molar-refractivity contribution is -0.143. The third-order valence-electron chi connectivity index (χ3n) is 5.51. The molecule has 0 bridgehead atoms. The standard InChI is InChI=1S/C25H26N2O6/c1-5-30-23(28)13-21-26-17-11-15(7-9-19(17)32-21)25(3,4)16-8-10-20-18(12-16)27-22(33-20)14-24(29)31-6-2/h7-12H,5-6,13-14H2,1-4H3. The first-order valence-corrected chi connectivity index (χ1v) is 10.9. The minimum absolute atomic E-state index is 0.00178. The highest BCUT2D eigenvalue weighted by Crippen LogP contribution is 2.35. The molecule has 0 radical (unpaired) electrons. The van der Waals surface area contributed by atoms with E-state index in [4.69, 9.17) is 18.3 Å². The zero-order valence-corrected chi connectivity index (χ0v) is 19.1. The van der Waals surface area contributed by atoms with Crippen LogP contribution < -0.4 is 0 Å². The molecule has 0 atom stereocenters. The lowest BCUT2D eigenvalue weighted by Gasteiger charge is -2.26. The SMILES string of the molecule is CCOC(=O)Cc1nc2cc(C(C)(C)c3ccc4oc(CC(=O)OCC)nc4c3)ccc2o1. The summed E-state index contributed by atoms with van der Waals surface area (Å²) in [5, 5.41) is 0. The monoisotopic (exact) mass is 450 g/mol. The lowest BCUT2D eigenvalue weighted by Crippen LogP contribution is -2.18. The average molecular weight is 450 g/mol. The number of ether oxygens (including phenoxy) is 2. The lowest BCUT2D eigenvalue weighted by atomic mass is 9.78. The Kier molecular flexibility index (Phi) is 6.18. The van der Waals surface area contributed by atoms with E-state index in [-0.39, 0.29) is 30.2 Å². The molecule has 0 aliphatic carbocycles. The number of oxazole rings is 2. The molecule has 0 aliphatic rings. The molecule has 0 amide bonds. The van der Waals surface area contributed by atoms with Gasteiger partial charge in [-0.2, -0.15) is 0 Å². The molecule has 2 heterocycles. The Morgan fingerprint density at radius 1 is 0.788 bits per heavy atom. The van der Waals surface area contributed by atoms with Crippen molar-refractivity contribution in [3.63, 3.8) is 0 Å². The first-order valence-electron chi connectivity index (χ1n) is 10.9. The topological polar surface area (TPSA) is 105 Å². The van der Waals surface area contributed by atoms with E-state index in [1.807, 2.05) is 36.4 Å². The van der Waals surface area contributed by atoms with Crippen LogP contribution in [-0.2, 0) is 37.3 Å². The molecule has 172 valence electrons. The molecular weight excluding hydrogens is 424 g/mol. The number of esters is 2. The molecule has 8 heteroatoms. The van der Waals surface area contributed by atoms with Crippen molar-refractivity contribution < 1.29 is 27.9 Å². The van der Waals surface area contributed by atoms with Crippen molar-refractivity contribution in [1.29, 1.82) is 0 Å². The van der Waals surface area contributed by atoms with Crippen molar-refractivity contribution in [3.05, 3.63) is 59.3 Å². The van der Waals surface area contributed by atoms with Crippen LogP contribution in [0.3, 0.4) is 0 Å². The number of carbonyl (C=O) groups is 2. The van der Waals surface area contributed by atoms with Crippen LogP contribution in [0, 0.1) is 0 Å². The largest absolute Gasteiger partial charge is 0.466 e. The van der Waals surface area contributed by atoms with E-state index in [2.05, 4.69) is 23.8 Å². The van der Waals surface area contributed by atoms with Crippen molar-refractivity contribution in [3.8, 4) is 0 Å². The molecule has 2 aromatic heterocycles. The minimum Gasteiger partial charge on any atom is -0.466 e. The molecule has 0 unspecified atom stereocenters. The molecule has 4 rings (SSSR count). The van der Waals surface area contributed by atoms with Gasteiger partial charge in [-0.15, -0.1) is 0 Å². The highest BCUT2D eigenvalue weighted by atomic mass is 16.5. The zero-order chi connectivity index (χ0) is 23.6. The maximum absolute atomic E-state index is 11.7. The van der Waals surface area contributed by atoms with E-state index >= 15 is 0 Å². The fraction of sp³-hybridized carbons (Fsp3) is 0.360. The van der Waals surface area contributed by atoms with Gasteiger partial charge in [0, 0.05) is 5.41 Å². The molecule has 33 heavy (non-hydrogen) atoms. The van der Waals surface area contributed by atoms with Crippen molar-refractivity contribution in [2.24, 2.45) is 0 Å². The maximum atomic E-state index is 11.7. The van der Waals surface area contributed by atoms with Crippen LogP contribution in [-0.4, -0.2) is 35.1 Å². The predicted molar refractivity (Wildman–Crippen MR) is 121 cm³/mol. The number of aromatic nitrogens is 2. The third-order valence-corrected chi connectivity index (χ3v) is 5.51. The van der Waals surface area contributed by atoms with Gasteiger partial charge in [-0.05, 0) is 49.2 Å². The quantitative estimate of drug-likeness (QED) is 0.361. The zero-order valence-electron chi connectivity index (χ0n) is 19.1. The Morgan fingerprint density at radius 3 is 1.61 bits per heavy atom. The van der Waals surface area contributed by atoms with Gasteiger partial charge in [-0.25, -0.2) is 9.97 Å². The van der Waals surface area contributed by atoms with E-state index in [1.54, 1.807) is 13.8 Å². The summed E-state index contributed by atoms with van der Waals surface area (Å²) in [5.41, 5.74) is 4.27.